The molecule has 1 aliphatic heterocycles. The van der Waals surface area contributed by atoms with Crippen molar-refractivity contribution in [3.63, 3.8) is 0 Å². The lowest BCUT2D eigenvalue weighted by atomic mass is 10.1. The molecule has 0 atom stereocenters. The van der Waals surface area contributed by atoms with Crippen LogP contribution in [0.4, 0.5) is 0 Å². The second kappa shape index (κ2) is 6.97. The molecule has 1 aromatic carbocycles. The molecule has 1 aromatic rings. The summed E-state index contributed by atoms with van der Waals surface area (Å²) in [7, 11) is 0. The molecule has 2 rings (SSSR count). The normalized spacial score (nSPS) is 19.4. The second-order valence-corrected chi connectivity index (χ2v) is 8.47. The van der Waals surface area contributed by atoms with Crippen molar-refractivity contribution in [1.29, 1.82) is 0 Å². The summed E-state index contributed by atoms with van der Waals surface area (Å²) in [6.45, 7) is 13.5. The van der Waals surface area contributed by atoms with Crippen LogP contribution in [0, 0.1) is 0 Å². The first-order valence-corrected chi connectivity index (χ1v) is 8.61. The van der Waals surface area contributed by atoms with E-state index in [9.17, 15) is 0 Å². The third-order valence-corrected chi connectivity index (χ3v) is 4.95. The van der Waals surface area contributed by atoms with Gasteiger partial charge in [-0.15, -0.1) is 0 Å². The Kier molecular flexibility index (Phi) is 5.53. The van der Waals surface area contributed by atoms with E-state index < -0.39 is 0 Å². The van der Waals surface area contributed by atoms with Crippen LogP contribution >= 0.6 is 11.8 Å². The van der Waals surface area contributed by atoms with Gasteiger partial charge in [0.2, 0.25) is 0 Å². The molecule has 2 nitrogen and oxygen atoms in total. The van der Waals surface area contributed by atoms with Crippen LogP contribution in [0.5, 0.6) is 0 Å². The third kappa shape index (κ3) is 5.12. The largest absolute Gasteiger partial charge is 0.310 e. The zero-order valence-electron chi connectivity index (χ0n) is 13.3. The van der Waals surface area contributed by atoms with E-state index in [1.54, 1.807) is 0 Å². The SMILES string of the molecule is CC(C)NCc1ccc(CN2CCSC(C)(C)C2)cc1. The van der Waals surface area contributed by atoms with Gasteiger partial charge in [-0.25, -0.2) is 0 Å². The maximum Gasteiger partial charge on any atom is 0.0234 e. The van der Waals surface area contributed by atoms with Gasteiger partial charge in [-0.05, 0) is 25.0 Å². The van der Waals surface area contributed by atoms with Gasteiger partial charge in [0, 0.05) is 42.7 Å². The average Bonchev–Trinajstić information content (AvgIpc) is 2.36. The molecule has 0 amide bonds. The van der Waals surface area contributed by atoms with E-state index in [0.29, 0.717) is 10.8 Å². The minimum absolute atomic E-state index is 0.402. The number of hydrogen-bond acceptors (Lipinski definition) is 3. The van der Waals surface area contributed by atoms with Gasteiger partial charge in [0.05, 0.1) is 0 Å². The fourth-order valence-corrected chi connectivity index (χ4v) is 3.77. The van der Waals surface area contributed by atoms with Crippen LogP contribution in [0.1, 0.15) is 38.8 Å². The number of nitrogens with one attached hydrogen (secondary N) is 1. The van der Waals surface area contributed by atoms with Crippen molar-refractivity contribution < 1.29 is 0 Å². The van der Waals surface area contributed by atoms with Gasteiger partial charge in [0.25, 0.3) is 0 Å². The fraction of sp³-hybridized carbons (Fsp3) is 0.647. The summed E-state index contributed by atoms with van der Waals surface area (Å²) in [6.07, 6.45) is 0. The lowest BCUT2D eigenvalue weighted by Crippen LogP contribution is -2.42. The van der Waals surface area contributed by atoms with Crippen LogP contribution in [-0.4, -0.2) is 34.5 Å². The Hall–Kier alpha value is -0.510. The molecule has 1 heterocycles. The van der Waals surface area contributed by atoms with Crippen LogP contribution < -0.4 is 5.32 Å². The highest BCUT2D eigenvalue weighted by atomic mass is 32.2. The summed E-state index contributed by atoms with van der Waals surface area (Å²) in [6, 6.07) is 9.63. The van der Waals surface area contributed by atoms with Gasteiger partial charge >= 0.3 is 0 Å². The molecule has 20 heavy (non-hydrogen) atoms. The van der Waals surface area contributed by atoms with Crippen LogP contribution in [0.3, 0.4) is 0 Å². The first kappa shape index (κ1) is 15.9. The predicted octanol–water partition coefficient (Wildman–Crippen LogP) is 3.51. The quantitative estimate of drug-likeness (QED) is 0.894. The van der Waals surface area contributed by atoms with E-state index in [0.717, 1.165) is 13.1 Å². The van der Waals surface area contributed by atoms with Crippen molar-refractivity contribution >= 4 is 11.8 Å². The number of thioether (sulfide) groups is 1. The molecule has 1 N–H and O–H groups in total. The molecule has 0 unspecified atom stereocenters. The molecule has 1 aliphatic rings. The van der Waals surface area contributed by atoms with Crippen LogP contribution in [0.15, 0.2) is 24.3 Å². The second-order valence-electron chi connectivity index (χ2n) is 6.67. The molecule has 1 saturated heterocycles. The van der Waals surface area contributed by atoms with Gasteiger partial charge in [0.15, 0.2) is 0 Å². The molecule has 0 aliphatic carbocycles. The Morgan fingerprint density at radius 1 is 1.20 bits per heavy atom. The molecule has 1 fully saturated rings. The third-order valence-electron chi connectivity index (χ3n) is 3.65. The number of hydrogen-bond donors (Lipinski definition) is 1. The van der Waals surface area contributed by atoms with Crippen molar-refractivity contribution in [3.05, 3.63) is 35.4 Å². The summed E-state index contributed by atoms with van der Waals surface area (Å²) in [5.74, 6) is 1.25. The monoisotopic (exact) mass is 292 g/mol. The minimum Gasteiger partial charge on any atom is -0.310 e. The first-order valence-electron chi connectivity index (χ1n) is 7.62. The van der Waals surface area contributed by atoms with Gasteiger partial charge in [0.1, 0.15) is 0 Å². The highest BCUT2D eigenvalue weighted by Crippen LogP contribution is 2.30. The summed E-state index contributed by atoms with van der Waals surface area (Å²) >= 11 is 2.10. The van der Waals surface area contributed by atoms with E-state index in [2.05, 4.69) is 73.9 Å². The number of benzene rings is 1. The van der Waals surface area contributed by atoms with Crippen molar-refractivity contribution in [2.75, 3.05) is 18.8 Å². The van der Waals surface area contributed by atoms with Crippen LogP contribution in [0.25, 0.3) is 0 Å². The lowest BCUT2D eigenvalue weighted by molar-refractivity contribution is 0.252. The fourth-order valence-electron chi connectivity index (χ4n) is 2.59. The van der Waals surface area contributed by atoms with Gasteiger partial charge in [-0.2, -0.15) is 11.8 Å². The van der Waals surface area contributed by atoms with E-state index in [1.165, 1.54) is 30.0 Å². The van der Waals surface area contributed by atoms with E-state index in [1.807, 2.05) is 0 Å². The Bertz CT molecular complexity index is 412. The Balaban J connectivity index is 1.87. The van der Waals surface area contributed by atoms with Crippen LogP contribution in [-0.2, 0) is 13.1 Å². The molecule has 0 bridgehead atoms. The zero-order valence-corrected chi connectivity index (χ0v) is 14.1. The Morgan fingerprint density at radius 2 is 1.85 bits per heavy atom. The molecule has 3 heteroatoms. The van der Waals surface area contributed by atoms with Crippen molar-refractivity contribution in [2.24, 2.45) is 0 Å². The molecular formula is C17H28N2S. The molecular weight excluding hydrogens is 264 g/mol. The Labute approximate surface area is 128 Å². The molecule has 0 aromatic heterocycles. The molecule has 112 valence electrons. The van der Waals surface area contributed by atoms with Gasteiger partial charge < -0.3 is 5.32 Å². The minimum atomic E-state index is 0.402. The van der Waals surface area contributed by atoms with Gasteiger partial charge in [-0.3, -0.25) is 4.90 Å². The maximum absolute atomic E-state index is 3.46. The van der Waals surface area contributed by atoms with E-state index >= 15 is 0 Å². The van der Waals surface area contributed by atoms with Crippen molar-refractivity contribution in [2.45, 2.75) is 51.6 Å². The molecule has 0 saturated carbocycles. The maximum atomic E-state index is 3.46. The lowest BCUT2D eigenvalue weighted by Gasteiger charge is -2.37. The summed E-state index contributed by atoms with van der Waals surface area (Å²) in [5.41, 5.74) is 2.80. The molecule has 0 spiro atoms. The molecule has 0 radical (unpaired) electrons. The summed E-state index contributed by atoms with van der Waals surface area (Å²) in [5, 5.41) is 3.46. The number of rotatable bonds is 5. The first-order chi connectivity index (χ1) is 9.44. The highest BCUT2D eigenvalue weighted by molar-refractivity contribution is 8.00. The van der Waals surface area contributed by atoms with E-state index in [-0.39, 0.29) is 0 Å². The highest BCUT2D eigenvalue weighted by Gasteiger charge is 2.26. The average molecular weight is 292 g/mol. The summed E-state index contributed by atoms with van der Waals surface area (Å²) in [4.78, 5) is 2.58. The van der Waals surface area contributed by atoms with Crippen LogP contribution in [0.2, 0.25) is 0 Å². The van der Waals surface area contributed by atoms with E-state index in [4.69, 9.17) is 0 Å². The van der Waals surface area contributed by atoms with Gasteiger partial charge in [-0.1, -0.05) is 38.1 Å². The summed E-state index contributed by atoms with van der Waals surface area (Å²) < 4.78 is 0.402. The predicted molar refractivity (Wildman–Crippen MR) is 90.2 cm³/mol. The smallest absolute Gasteiger partial charge is 0.0234 e. The van der Waals surface area contributed by atoms with Crippen molar-refractivity contribution in [3.8, 4) is 0 Å². The van der Waals surface area contributed by atoms with Crippen molar-refractivity contribution in [1.82, 2.24) is 10.2 Å². The topological polar surface area (TPSA) is 15.3 Å². The number of nitrogens with zero attached hydrogens (tertiary/aromatic N) is 1. The Morgan fingerprint density at radius 3 is 2.45 bits per heavy atom. The zero-order chi connectivity index (χ0) is 14.6. The standard InChI is InChI=1S/C17H28N2S/c1-14(2)18-11-15-5-7-16(8-6-15)12-19-9-10-20-17(3,4)13-19/h5-8,14,18H,9-13H2,1-4H3.